The molecule has 0 saturated heterocycles. The van der Waals surface area contributed by atoms with Crippen molar-refractivity contribution in [2.75, 3.05) is 25.2 Å². The van der Waals surface area contributed by atoms with Gasteiger partial charge in [-0.2, -0.15) is 5.26 Å². The number of nitriles is 1. The zero-order valence-electron chi connectivity index (χ0n) is 19.8. The molecule has 35 heavy (non-hydrogen) atoms. The van der Waals surface area contributed by atoms with Crippen molar-refractivity contribution < 1.29 is 27.7 Å². The molecule has 188 valence electrons. The van der Waals surface area contributed by atoms with Crippen molar-refractivity contribution >= 4 is 21.7 Å². The number of fused-ring (bicyclic) bond motifs is 1. The van der Waals surface area contributed by atoms with Crippen LogP contribution >= 0.6 is 0 Å². The highest BCUT2D eigenvalue weighted by Crippen LogP contribution is 2.43. The lowest BCUT2D eigenvalue weighted by atomic mass is 9.84. The number of hydrogen-bond acceptors (Lipinski definition) is 8. The van der Waals surface area contributed by atoms with Crippen LogP contribution in [0.5, 0.6) is 5.75 Å². The first kappa shape index (κ1) is 26.2. The third kappa shape index (κ3) is 6.20. The van der Waals surface area contributed by atoms with Gasteiger partial charge in [0.15, 0.2) is 18.1 Å². The van der Waals surface area contributed by atoms with Crippen molar-refractivity contribution in [3.8, 4) is 11.9 Å². The van der Waals surface area contributed by atoms with Gasteiger partial charge in [-0.05, 0) is 30.7 Å². The molecule has 1 aliphatic rings. The smallest absolute Gasteiger partial charge is 0.229 e. The molecule has 4 N–H and O–H groups in total. The second-order valence-electron chi connectivity index (χ2n) is 8.17. The Bertz CT molecular complexity index is 1200. The molecule has 0 aromatic heterocycles. The second-order valence-corrected chi connectivity index (χ2v) is 9.92. The summed E-state index contributed by atoms with van der Waals surface area (Å²) < 4.78 is 42.9. The first-order chi connectivity index (χ1) is 16.6. The summed E-state index contributed by atoms with van der Waals surface area (Å²) in [6.07, 6.45) is 0.668. The Hall–Kier alpha value is -3.37. The van der Waals surface area contributed by atoms with Crippen molar-refractivity contribution in [2.24, 2.45) is 4.99 Å². The number of benzene rings is 2. The Morgan fingerprint density at radius 2 is 1.94 bits per heavy atom. The molecule has 2 aromatic rings. The Balaban J connectivity index is 2.04. The lowest BCUT2D eigenvalue weighted by Gasteiger charge is -2.46. The zero-order chi connectivity index (χ0) is 25.6. The van der Waals surface area contributed by atoms with Crippen LogP contribution < -0.4 is 20.1 Å². The average Bonchev–Trinajstić information content (AvgIpc) is 2.81. The molecular formula is C23H29N5O6S. The van der Waals surface area contributed by atoms with Gasteiger partial charge in [0, 0.05) is 25.5 Å². The van der Waals surface area contributed by atoms with Crippen molar-refractivity contribution in [1.29, 1.82) is 5.26 Å². The van der Waals surface area contributed by atoms with Gasteiger partial charge in [0.25, 0.3) is 0 Å². The summed E-state index contributed by atoms with van der Waals surface area (Å²) in [6, 6.07) is 13.2. The summed E-state index contributed by atoms with van der Waals surface area (Å²) in [7, 11) is -0.688. The Morgan fingerprint density at radius 3 is 2.54 bits per heavy atom. The largest absolute Gasteiger partial charge is 0.479 e. The van der Waals surface area contributed by atoms with E-state index < -0.39 is 34.1 Å². The van der Waals surface area contributed by atoms with E-state index in [-0.39, 0.29) is 18.2 Å². The number of ether oxygens (including phenoxy) is 3. The summed E-state index contributed by atoms with van der Waals surface area (Å²) in [6.45, 7) is 1.91. The second kappa shape index (κ2) is 10.9. The number of sulfonamides is 1. The number of nitrogens with one attached hydrogen (secondary N) is 3. The maximum absolute atomic E-state index is 11.8. The highest BCUT2D eigenvalue weighted by Gasteiger charge is 2.52. The van der Waals surface area contributed by atoms with Gasteiger partial charge < -0.3 is 24.6 Å². The van der Waals surface area contributed by atoms with Crippen LogP contribution in [0.2, 0.25) is 0 Å². The summed E-state index contributed by atoms with van der Waals surface area (Å²) >= 11 is 0. The average molecular weight is 504 g/mol. The molecule has 0 spiro atoms. The molecule has 0 unspecified atom stereocenters. The summed E-state index contributed by atoms with van der Waals surface area (Å²) in [5, 5.41) is 26.3. The van der Waals surface area contributed by atoms with Gasteiger partial charge in [0.05, 0.1) is 18.8 Å². The van der Waals surface area contributed by atoms with Gasteiger partial charge in [-0.25, -0.2) is 13.4 Å². The summed E-state index contributed by atoms with van der Waals surface area (Å²) in [4.78, 5) is 4.45. The van der Waals surface area contributed by atoms with E-state index in [4.69, 9.17) is 14.2 Å². The lowest BCUT2D eigenvalue weighted by Crippen LogP contribution is -2.62. The van der Waals surface area contributed by atoms with Crippen LogP contribution in [0.4, 0.5) is 5.69 Å². The first-order valence-corrected chi connectivity index (χ1v) is 12.5. The SMILES string of the molecule is COC(OC)[C@]1(C)Oc2ccc(NS(C)(=O)=O)cc2[C@H](NC(=NCc2ccccc2)NC#N)[C@@H]1O. The Labute approximate surface area is 204 Å². The molecule has 0 amide bonds. The molecule has 3 rings (SSSR count). The Morgan fingerprint density at radius 1 is 1.26 bits per heavy atom. The van der Waals surface area contributed by atoms with Crippen LogP contribution in [0.3, 0.4) is 0 Å². The molecule has 1 aliphatic heterocycles. The summed E-state index contributed by atoms with van der Waals surface area (Å²) in [5.74, 6) is 0.483. The third-order valence-electron chi connectivity index (χ3n) is 5.51. The van der Waals surface area contributed by atoms with E-state index in [1.807, 2.05) is 36.5 Å². The molecule has 12 heteroatoms. The Kier molecular flexibility index (Phi) is 8.18. The standard InChI is InChI=1S/C23H29N5O6S/c1-23(21(32-2)33-3)20(29)19(17-12-16(28-35(4,30)31)10-11-18(17)34-23)27-22(26-14-24)25-13-15-8-6-5-7-9-15/h5-12,19-21,28-29H,13H2,1-4H3,(H2,25,26,27)/t19-,20-,23+/m0/s1. The number of nitrogens with zero attached hydrogens (tertiary/aromatic N) is 2. The first-order valence-electron chi connectivity index (χ1n) is 10.7. The van der Waals surface area contributed by atoms with Crippen LogP contribution in [0.1, 0.15) is 24.1 Å². The molecule has 0 bridgehead atoms. The highest BCUT2D eigenvalue weighted by molar-refractivity contribution is 7.92. The lowest BCUT2D eigenvalue weighted by molar-refractivity contribution is -0.238. The number of rotatable bonds is 8. The predicted molar refractivity (Wildman–Crippen MR) is 130 cm³/mol. The zero-order valence-corrected chi connectivity index (χ0v) is 20.7. The minimum absolute atomic E-state index is 0.114. The molecule has 0 fully saturated rings. The van der Waals surface area contributed by atoms with Crippen molar-refractivity contribution in [1.82, 2.24) is 10.6 Å². The predicted octanol–water partition coefficient (Wildman–Crippen LogP) is 1.45. The van der Waals surface area contributed by atoms with Gasteiger partial charge in [0.2, 0.25) is 16.0 Å². The van der Waals surface area contributed by atoms with Crippen LogP contribution in [0.25, 0.3) is 0 Å². The minimum atomic E-state index is -3.54. The van der Waals surface area contributed by atoms with Gasteiger partial charge in [0.1, 0.15) is 11.9 Å². The molecule has 0 radical (unpaired) electrons. The van der Waals surface area contributed by atoms with Crippen molar-refractivity contribution in [2.45, 2.75) is 37.5 Å². The van der Waals surface area contributed by atoms with Gasteiger partial charge in [-0.15, -0.1) is 0 Å². The number of hydrogen-bond donors (Lipinski definition) is 4. The van der Waals surface area contributed by atoms with E-state index in [1.165, 1.54) is 14.2 Å². The fraction of sp³-hybridized carbons (Fsp3) is 0.391. The number of guanidine groups is 1. The van der Waals surface area contributed by atoms with E-state index in [9.17, 15) is 18.8 Å². The van der Waals surface area contributed by atoms with Gasteiger partial charge >= 0.3 is 0 Å². The third-order valence-corrected chi connectivity index (χ3v) is 6.11. The molecule has 3 atom stereocenters. The molecule has 0 saturated carbocycles. The number of methoxy groups -OCH3 is 2. The maximum atomic E-state index is 11.8. The number of aliphatic imine (C=N–C) groups is 1. The van der Waals surface area contributed by atoms with E-state index in [0.717, 1.165) is 11.8 Å². The maximum Gasteiger partial charge on any atom is 0.229 e. The highest BCUT2D eigenvalue weighted by atomic mass is 32.2. The molecule has 2 aromatic carbocycles. The van der Waals surface area contributed by atoms with Crippen molar-refractivity contribution in [3.63, 3.8) is 0 Å². The van der Waals surface area contributed by atoms with E-state index >= 15 is 0 Å². The van der Waals surface area contributed by atoms with Gasteiger partial charge in [-0.1, -0.05) is 30.3 Å². The summed E-state index contributed by atoms with van der Waals surface area (Å²) in [5.41, 5.74) is 0.282. The number of aliphatic hydroxyl groups excluding tert-OH is 1. The fourth-order valence-electron chi connectivity index (χ4n) is 3.94. The van der Waals surface area contributed by atoms with Crippen molar-refractivity contribution in [3.05, 3.63) is 59.7 Å². The van der Waals surface area contributed by atoms with E-state index in [1.54, 1.807) is 25.1 Å². The molecule has 11 nitrogen and oxygen atoms in total. The minimum Gasteiger partial charge on any atom is -0.479 e. The van der Waals surface area contributed by atoms with E-state index in [2.05, 4.69) is 20.3 Å². The van der Waals surface area contributed by atoms with Gasteiger partial charge in [-0.3, -0.25) is 10.0 Å². The number of anilines is 1. The monoisotopic (exact) mass is 503 g/mol. The number of aliphatic hydroxyl groups is 1. The fourth-order valence-corrected chi connectivity index (χ4v) is 4.50. The quantitative estimate of drug-likeness (QED) is 0.138. The molecule has 1 heterocycles. The van der Waals surface area contributed by atoms with Crippen LogP contribution in [0.15, 0.2) is 53.5 Å². The van der Waals surface area contributed by atoms with E-state index in [0.29, 0.717) is 11.3 Å². The van der Waals surface area contributed by atoms with Crippen LogP contribution in [-0.2, 0) is 26.0 Å². The molecular weight excluding hydrogens is 474 g/mol. The normalized spacial score (nSPS) is 22.0. The topological polar surface area (TPSA) is 154 Å². The van der Waals surface area contributed by atoms with Crippen LogP contribution in [0, 0.1) is 11.5 Å². The molecule has 0 aliphatic carbocycles. The van der Waals surface area contributed by atoms with Crippen LogP contribution in [-0.4, -0.2) is 58.0 Å².